The minimum Gasteiger partial charge on any atom is -0.478 e. The number of benzene rings is 2. The van der Waals surface area contributed by atoms with Gasteiger partial charge in [0.15, 0.2) is 0 Å². The summed E-state index contributed by atoms with van der Waals surface area (Å²) in [6.07, 6.45) is 2.09. The lowest BCUT2D eigenvalue weighted by molar-refractivity contribution is 0.0697. The van der Waals surface area contributed by atoms with E-state index in [4.69, 9.17) is 9.84 Å². The van der Waals surface area contributed by atoms with Gasteiger partial charge in [0.2, 0.25) is 0 Å². The lowest BCUT2D eigenvalue weighted by Crippen LogP contribution is -2.22. The smallest absolute Gasteiger partial charge is 0.335 e. The van der Waals surface area contributed by atoms with Gasteiger partial charge < -0.3 is 20.1 Å². The van der Waals surface area contributed by atoms with Gasteiger partial charge in [-0.2, -0.15) is 0 Å². The molecule has 3 rings (SSSR count). The molecule has 1 aromatic heterocycles. The Bertz CT molecular complexity index is 828. The van der Waals surface area contributed by atoms with E-state index in [1.807, 2.05) is 24.3 Å². The minimum absolute atomic E-state index is 0.255. The van der Waals surface area contributed by atoms with Crippen LogP contribution in [-0.4, -0.2) is 40.9 Å². The van der Waals surface area contributed by atoms with Gasteiger partial charge in [0.05, 0.1) is 23.1 Å². The molecule has 3 aromatic rings. The number of carbonyl (C=O) groups is 1. The fourth-order valence-corrected chi connectivity index (χ4v) is 2.70. The number of para-hydroxylation sites is 2. The van der Waals surface area contributed by atoms with E-state index in [-0.39, 0.29) is 5.56 Å². The van der Waals surface area contributed by atoms with Crippen LogP contribution in [0, 0.1) is 0 Å². The van der Waals surface area contributed by atoms with Crippen molar-refractivity contribution in [1.82, 2.24) is 20.6 Å². The molecule has 0 bridgehead atoms. The van der Waals surface area contributed by atoms with Crippen molar-refractivity contribution in [3.05, 3.63) is 59.9 Å². The first-order valence-electron chi connectivity index (χ1n) is 9.03. The number of carboxylic acid groups (broad SMARTS) is 1. The quantitative estimate of drug-likeness (QED) is 0.307. The van der Waals surface area contributed by atoms with Crippen molar-refractivity contribution in [3.63, 3.8) is 0 Å². The van der Waals surface area contributed by atoms with Gasteiger partial charge in [-0.25, -0.2) is 9.78 Å². The van der Waals surface area contributed by atoms with Crippen LogP contribution < -0.4 is 15.4 Å². The van der Waals surface area contributed by atoms with Crippen molar-refractivity contribution in [2.75, 3.05) is 19.8 Å². The molecular weight excluding hydrogens is 344 g/mol. The molecule has 0 saturated carbocycles. The highest BCUT2D eigenvalue weighted by Crippen LogP contribution is 2.12. The highest BCUT2D eigenvalue weighted by Gasteiger charge is 2.02. The van der Waals surface area contributed by atoms with Gasteiger partial charge in [-0.1, -0.05) is 12.1 Å². The Balaban J connectivity index is 1.22. The average molecular weight is 368 g/mol. The van der Waals surface area contributed by atoms with Crippen LogP contribution in [0.2, 0.25) is 0 Å². The largest absolute Gasteiger partial charge is 0.478 e. The van der Waals surface area contributed by atoms with E-state index >= 15 is 0 Å². The molecule has 0 aliphatic carbocycles. The number of nitrogens with zero attached hydrogens (tertiary/aromatic N) is 1. The SMILES string of the molecule is O=C(O)c1ccc(OCNCCCCNCc2nc3ccccc3[nH]2)cc1. The third kappa shape index (κ3) is 5.80. The zero-order valence-electron chi connectivity index (χ0n) is 15.1. The molecule has 0 spiro atoms. The van der Waals surface area contributed by atoms with Crippen LogP contribution in [0.15, 0.2) is 48.5 Å². The Morgan fingerprint density at radius 3 is 2.52 bits per heavy atom. The summed E-state index contributed by atoms with van der Waals surface area (Å²) in [6.45, 7) is 2.92. The van der Waals surface area contributed by atoms with Gasteiger partial charge in [0.25, 0.3) is 0 Å². The first-order chi connectivity index (χ1) is 13.2. The number of imidazole rings is 1. The average Bonchev–Trinajstić information content (AvgIpc) is 3.10. The van der Waals surface area contributed by atoms with E-state index in [9.17, 15) is 4.79 Å². The summed E-state index contributed by atoms with van der Waals surface area (Å²) in [7, 11) is 0. The standard InChI is InChI=1S/C20H24N4O3/c25-20(26)15-7-9-16(10-8-15)27-14-22-12-4-3-11-21-13-19-23-17-5-1-2-6-18(17)24-19/h1-2,5-10,21-22H,3-4,11-14H2,(H,23,24)(H,25,26). The number of ether oxygens (including phenoxy) is 1. The number of aromatic carboxylic acids is 1. The van der Waals surface area contributed by atoms with Crippen molar-refractivity contribution in [1.29, 1.82) is 0 Å². The summed E-state index contributed by atoms with van der Waals surface area (Å²) in [5, 5.41) is 15.5. The molecule has 0 aliphatic heterocycles. The van der Waals surface area contributed by atoms with Crippen molar-refractivity contribution in [2.24, 2.45) is 0 Å². The zero-order chi connectivity index (χ0) is 18.9. The van der Waals surface area contributed by atoms with E-state index in [0.717, 1.165) is 49.3 Å². The van der Waals surface area contributed by atoms with E-state index in [0.29, 0.717) is 12.5 Å². The zero-order valence-corrected chi connectivity index (χ0v) is 15.1. The van der Waals surface area contributed by atoms with Crippen LogP contribution in [-0.2, 0) is 6.54 Å². The molecule has 0 aliphatic rings. The minimum atomic E-state index is -0.936. The summed E-state index contributed by atoms with van der Waals surface area (Å²) in [4.78, 5) is 18.6. The van der Waals surface area contributed by atoms with Gasteiger partial charge in [-0.05, 0) is 62.3 Å². The molecule has 7 nitrogen and oxygen atoms in total. The number of aromatic amines is 1. The normalized spacial score (nSPS) is 11.0. The summed E-state index contributed by atoms with van der Waals surface area (Å²) >= 11 is 0. The number of rotatable bonds is 11. The molecule has 4 N–H and O–H groups in total. The number of nitrogens with one attached hydrogen (secondary N) is 3. The molecule has 0 saturated heterocycles. The molecule has 0 unspecified atom stereocenters. The highest BCUT2D eigenvalue weighted by atomic mass is 16.5. The molecule has 2 aromatic carbocycles. The highest BCUT2D eigenvalue weighted by molar-refractivity contribution is 5.87. The third-order valence-corrected chi connectivity index (χ3v) is 4.13. The maximum absolute atomic E-state index is 10.8. The first-order valence-corrected chi connectivity index (χ1v) is 9.03. The Hall–Kier alpha value is -2.90. The Kier molecular flexibility index (Phi) is 6.78. The second kappa shape index (κ2) is 9.70. The summed E-state index contributed by atoms with van der Waals surface area (Å²) in [5.74, 6) is 0.672. The van der Waals surface area contributed by atoms with Crippen molar-refractivity contribution in [3.8, 4) is 5.75 Å². The lowest BCUT2D eigenvalue weighted by Gasteiger charge is -2.08. The molecule has 1 heterocycles. The summed E-state index contributed by atoms with van der Waals surface area (Å²) in [5.41, 5.74) is 2.32. The van der Waals surface area contributed by atoms with Crippen molar-refractivity contribution < 1.29 is 14.6 Å². The topological polar surface area (TPSA) is 99.3 Å². The molecule has 7 heteroatoms. The van der Waals surface area contributed by atoms with Crippen LogP contribution in [0.5, 0.6) is 5.75 Å². The summed E-state index contributed by atoms with van der Waals surface area (Å²) < 4.78 is 5.52. The van der Waals surface area contributed by atoms with Crippen molar-refractivity contribution >= 4 is 17.0 Å². The van der Waals surface area contributed by atoms with E-state index in [1.165, 1.54) is 12.1 Å². The van der Waals surface area contributed by atoms with Crippen LogP contribution in [0.3, 0.4) is 0 Å². The second-order valence-electron chi connectivity index (χ2n) is 6.20. The fraction of sp³-hybridized carbons (Fsp3) is 0.300. The molecule has 0 atom stereocenters. The maximum atomic E-state index is 10.8. The predicted molar refractivity (Wildman–Crippen MR) is 104 cm³/mol. The van der Waals surface area contributed by atoms with Crippen LogP contribution in [0.1, 0.15) is 29.0 Å². The summed E-state index contributed by atoms with van der Waals surface area (Å²) in [6, 6.07) is 14.4. The lowest BCUT2D eigenvalue weighted by atomic mass is 10.2. The van der Waals surface area contributed by atoms with E-state index in [1.54, 1.807) is 12.1 Å². The number of H-pyrrole nitrogens is 1. The third-order valence-electron chi connectivity index (χ3n) is 4.13. The van der Waals surface area contributed by atoms with Crippen LogP contribution in [0.4, 0.5) is 0 Å². The Labute approximate surface area is 157 Å². The van der Waals surface area contributed by atoms with Gasteiger partial charge in [0.1, 0.15) is 18.3 Å². The number of hydrogen-bond acceptors (Lipinski definition) is 5. The first kappa shape index (κ1) is 18.9. The van der Waals surface area contributed by atoms with E-state index < -0.39 is 5.97 Å². The van der Waals surface area contributed by atoms with Gasteiger partial charge in [-0.3, -0.25) is 5.32 Å². The monoisotopic (exact) mass is 368 g/mol. The van der Waals surface area contributed by atoms with Crippen LogP contribution >= 0.6 is 0 Å². The Morgan fingerprint density at radius 1 is 1.04 bits per heavy atom. The predicted octanol–water partition coefficient (Wildman–Crippen LogP) is 2.76. The number of aromatic nitrogens is 2. The molecule has 0 radical (unpaired) electrons. The maximum Gasteiger partial charge on any atom is 0.335 e. The number of unbranched alkanes of at least 4 members (excludes halogenated alkanes) is 1. The molecule has 0 fully saturated rings. The van der Waals surface area contributed by atoms with Crippen molar-refractivity contribution in [2.45, 2.75) is 19.4 Å². The fourth-order valence-electron chi connectivity index (χ4n) is 2.70. The number of fused-ring (bicyclic) bond motifs is 1. The van der Waals surface area contributed by atoms with Gasteiger partial charge in [-0.15, -0.1) is 0 Å². The Morgan fingerprint density at radius 2 is 1.78 bits per heavy atom. The van der Waals surface area contributed by atoms with E-state index in [2.05, 4.69) is 20.6 Å². The van der Waals surface area contributed by atoms with Gasteiger partial charge >= 0.3 is 5.97 Å². The molecular formula is C20H24N4O3. The van der Waals surface area contributed by atoms with Gasteiger partial charge in [0, 0.05) is 0 Å². The molecule has 142 valence electrons. The number of hydrogen-bond donors (Lipinski definition) is 4. The molecule has 27 heavy (non-hydrogen) atoms. The van der Waals surface area contributed by atoms with Crippen LogP contribution in [0.25, 0.3) is 11.0 Å². The molecule has 0 amide bonds. The second-order valence-corrected chi connectivity index (χ2v) is 6.20. The number of carboxylic acids is 1.